The third kappa shape index (κ3) is 2.57. The number of furan rings is 1. The molecule has 1 aliphatic rings. The Labute approximate surface area is 147 Å². The Bertz CT molecular complexity index is 1050. The molecule has 3 heterocycles. The van der Waals surface area contributed by atoms with Gasteiger partial charge in [0.05, 0.1) is 24.8 Å². The van der Waals surface area contributed by atoms with Gasteiger partial charge in [-0.25, -0.2) is 0 Å². The van der Waals surface area contributed by atoms with Gasteiger partial charge in [0.2, 0.25) is 5.76 Å². The summed E-state index contributed by atoms with van der Waals surface area (Å²) in [5.74, 6) is -1.31. The Morgan fingerprint density at radius 1 is 1.27 bits per heavy atom. The number of amides is 2. The van der Waals surface area contributed by atoms with Gasteiger partial charge in [0.1, 0.15) is 0 Å². The standard InChI is InChI=1S/C18H14N4O4/c1-9-14(17(19)23)22-26-16(9)18(24)21-12-3-2-10-7-20-15(13(10)6-12)11-4-5-25-8-11/h2-6,8H,7H2,1H3,(H2,19,23)(H,21,24). The van der Waals surface area contributed by atoms with Gasteiger partial charge in [-0.2, -0.15) is 0 Å². The number of nitrogens with zero attached hydrogens (tertiary/aromatic N) is 2. The number of rotatable bonds is 4. The summed E-state index contributed by atoms with van der Waals surface area (Å²) in [6, 6.07) is 7.37. The van der Waals surface area contributed by atoms with Gasteiger partial charge in [0.15, 0.2) is 5.69 Å². The zero-order valence-electron chi connectivity index (χ0n) is 13.8. The van der Waals surface area contributed by atoms with Crippen molar-refractivity contribution in [1.29, 1.82) is 0 Å². The molecule has 0 unspecified atom stereocenters. The molecule has 3 aromatic rings. The van der Waals surface area contributed by atoms with Gasteiger partial charge in [0.25, 0.3) is 11.8 Å². The molecule has 2 amide bonds. The van der Waals surface area contributed by atoms with Gasteiger partial charge in [-0.1, -0.05) is 11.2 Å². The van der Waals surface area contributed by atoms with Crippen LogP contribution in [0.15, 0.2) is 50.7 Å². The largest absolute Gasteiger partial charge is 0.472 e. The number of aromatic nitrogens is 1. The van der Waals surface area contributed by atoms with E-state index < -0.39 is 11.8 Å². The first-order valence-corrected chi connectivity index (χ1v) is 7.82. The van der Waals surface area contributed by atoms with Crippen molar-refractivity contribution in [2.75, 3.05) is 5.32 Å². The SMILES string of the molecule is Cc1c(C(N)=O)noc1C(=O)Nc1ccc2c(c1)C(c1ccoc1)=NC2. The smallest absolute Gasteiger partial charge is 0.294 e. The van der Waals surface area contributed by atoms with Gasteiger partial charge in [0, 0.05) is 22.4 Å². The molecule has 1 aromatic carbocycles. The van der Waals surface area contributed by atoms with Crippen molar-refractivity contribution >= 4 is 23.2 Å². The first kappa shape index (κ1) is 15.8. The lowest BCUT2D eigenvalue weighted by atomic mass is 10.0. The van der Waals surface area contributed by atoms with Crippen LogP contribution in [0, 0.1) is 6.92 Å². The van der Waals surface area contributed by atoms with Crippen molar-refractivity contribution in [3.8, 4) is 0 Å². The Morgan fingerprint density at radius 3 is 2.81 bits per heavy atom. The van der Waals surface area contributed by atoms with E-state index in [0.717, 1.165) is 22.4 Å². The van der Waals surface area contributed by atoms with Crippen molar-refractivity contribution in [3.05, 3.63) is 70.5 Å². The molecule has 0 saturated carbocycles. The maximum atomic E-state index is 12.4. The molecule has 8 nitrogen and oxygen atoms in total. The van der Waals surface area contributed by atoms with Crippen LogP contribution in [0.3, 0.4) is 0 Å². The number of carbonyl (C=O) groups excluding carboxylic acids is 2. The van der Waals surface area contributed by atoms with Crippen molar-refractivity contribution in [2.45, 2.75) is 13.5 Å². The van der Waals surface area contributed by atoms with Crippen LogP contribution in [-0.4, -0.2) is 22.7 Å². The van der Waals surface area contributed by atoms with E-state index in [1.165, 1.54) is 0 Å². The normalized spacial score (nSPS) is 12.6. The van der Waals surface area contributed by atoms with Crippen molar-refractivity contribution in [3.63, 3.8) is 0 Å². The summed E-state index contributed by atoms with van der Waals surface area (Å²) >= 11 is 0. The summed E-state index contributed by atoms with van der Waals surface area (Å²) in [4.78, 5) is 28.2. The highest BCUT2D eigenvalue weighted by molar-refractivity contribution is 6.15. The summed E-state index contributed by atoms with van der Waals surface area (Å²) in [5, 5.41) is 6.29. The van der Waals surface area contributed by atoms with E-state index >= 15 is 0 Å². The molecule has 0 fully saturated rings. The summed E-state index contributed by atoms with van der Waals surface area (Å²) in [6.45, 7) is 2.13. The van der Waals surface area contributed by atoms with Gasteiger partial charge in [-0.05, 0) is 30.7 Å². The van der Waals surface area contributed by atoms with Gasteiger partial charge < -0.3 is 20.0 Å². The van der Waals surface area contributed by atoms with E-state index in [1.54, 1.807) is 25.5 Å². The highest BCUT2D eigenvalue weighted by Crippen LogP contribution is 2.26. The van der Waals surface area contributed by atoms with E-state index in [9.17, 15) is 9.59 Å². The van der Waals surface area contributed by atoms with Crippen molar-refractivity contribution in [2.24, 2.45) is 10.7 Å². The molecule has 4 rings (SSSR count). The van der Waals surface area contributed by atoms with Crippen LogP contribution in [0.25, 0.3) is 0 Å². The summed E-state index contributed by atoms with van der Waals surface area (Å²) in [7, 11) is 0. The van der Waals surface area contributed by atoms with Gasteiger partial charge in [-0.15, -0.1) is 0 Å². The minimum atomic E-state index is -0.746. The molecule has 0 atom stereocenters. The molecule has 0 radical (unpaired) electrons. The number of anilines is 1. The lowest BCUT2D eigenvalue weighted by Crippen LogP contribution is -2.15. The molecule has 0 spiro atoms. The Kier molecular flexibility index (Phi) is 3.65. The third-order valence-electron chi connectivity index (χ3n) is 4.19. The van der Waals surface area contributed by atoms with Crippen LogP contribution in [0.1, 0.15) is 43.3 Å². The number of carbonyl (C=O) groups is 2. The fraction of sp³-hybridized carbons (Fsp3) is 0.111. The van der Waals surface area contributed by atoms with Crippen LogP contribution in [0.2, 0.25) is 0 Å². The number of aliphatic imine (C=N–C) groups is 1. The molecule has 2 aromatic heterocycles. The second-order valence-electron chi connectivity index (χ2n) is 5.85. The number of hydrogen-bond acceptors (Lipinski definition) is 6. The maximum absolute atomic E-state index is 12.4. The van der Waals surface area contributed by atoms with Crippen LogP contribution in [0.5, 0.6) is 0 Å². The van der Waals surface area contributed by atoms with E-state index in [-0.39, 0.29) is 11.5 Å². The number of hydrogen-bond donors (Lipinski definition) is 2. The average molecular weight is 350 g/mol. The maximum Gasteiger partial charge on any atom is 0.294 e. The molecule has 1 aliphatic heterocycles. The quantitative estimate of drug-likeness (QED) is 0.747. The van der Waals surface area contributed by atoms with E-state index in [0.29, 0.717) is 17.8 Å². The molecule has 0 saturated heterocycles. The number of nitrogens with two attached hydrogens (primary N) is 1. The zero-order valence-corrected chi connectivity index (χ0v) is 13.8. The van der Waals surface area contributed by atoms with E-state index in [4.69, 9.17) is 14.7 Å². The Hall–Kier alpha value is -3.68. The Balaban J connectivity index is 1.61. The molecular formula is C18H14N4O4. The predicted octanol–water partition coefficient (Wildman–Crippen LogP) is 2.28. The molecule has 130 valence electrons. The van der Waals surface area contributed by atoms with E-state index in [1.807, 2.05) is 18.2 Å². The van der Waals surface area contributed by atoms with Crippen LogP contribution < -0.4 is 11.1 Å². The molecule has 0 bridgehead atoms. The molecule has 3 N–H and O–H groups in total. The first-order chi connectivity index (χ1) is 12.5. The molecular weight excluding hydrogens is 336 g/mol. The second-order valence-corrected chi connectivity index (χ2v) is 5.85. The minimum Gasteiger partial charge on any atom is -0.472 e. The van der Waals surface area contributed by atoms with Crippen LogP contribution in [-0.2, 0) is 6.54 Å². The fourth-order valence-electron chi connectivity index (χ4n) is 2.87. The minimum absolute atomic E-state index is 0.0528. The average Bonchev–Trinajstić information content (AvgIpc) is 3.32. The molecule has 26 heavy (non-hydrogen) atoms. The highest BCUT2D eigenvalue weighted by atomic mass is 16.5. The lowest BCUT2D eigenvalue weighted by molar-refractivity contribution is 0.0973. The highest BCUT2D eigenvalue weighted by Gasteiger charge is 2.23. The van der Waals surface area contributed by atoms with Crippen molar-refractivity contribution in [1.82, 2.24) is 5.16 Å². The third-order valence-corrected chi connectivity index (χ3v) is 4.19. The molecule has 0 aliphatic carbocycles. The fourth-order valence-corrected chi connectivity index (χ4v) is 2.87. The Morgan fingerprint density at radius 2 is 2.12 bits per heavy atom. The number of primary amides is 1. The zero-order chi connectivity index (χ0) is 18.3. The number of benzene rings is 1. The predicted molar refractivity (Wildman–Crippen MR) is 92.2 cm³/mol. The molecule has 8 heteroatoms. The van der Waals surface area contributed by atoms with E-state index in [2.05, 4.69) is 15.5 Å². The lowest BCUT2D eigenvalue weighted by Gasteiger charge is -2.07. The van der Waals surface area contributed by atoms with Crippen molar-refractivity contribution < 1.29 is 18.5 Å². The second kappa shape index (κ2) is 5.99. The van der Waals surface area contributed by atoms with Crippen LogP contribution >= 0.6 is 0 Å². The topological polar surface area (TPSA) is 124 Å². The van der Waals surface area contributed by atoms with Crippen LogP contribution in [0.4, 0.5) is 5.69 Å². The summed E-state index contributed by atoms with van der Waals surface area (Å²) in [5.41, 5.74) is 9.69. The number of fused-ring (bicyclic) bond motifs is 1. The number of nitrogens with one attached hydrogen (secondary N) is 1. The summed E-state index contributed by atoms with van der Waals surface area (Å²) in [6.07, 6.45) is 3.22. The van der Waals surface area contributed by atoms with Gasteiger partial charge in [-0.3, -0.25) is 14.6 Å². The monoisotopic (exact) mass is 350 g/mol. The van der Waals surface area contributed by atoms with Gasteiger partial charge >= 0.3 is 0 Å². The summed E-state index contributed by atoms with van der Waals surface area (Å²) < 4.78 is 10.1. The first-order valence-electron chi connectivity index (χ1n) is 7.82.